The highest BCUT2D eigenvalue weighted by Crippen LogP contribution is 2.61. The number of carbonyl (C=O) groups is 5. The number of nitrogens with zero attached hydrogens (tertiary/aromatic N) is 1. The molecule has 2 amide bonds. The number of amides is 2. The number of hydrogen-bond acceptors (Lipinski definition) is 8. The summed E-state index contributed by atoms with van der Waals surface area (Å²) < 4.78 is 16.0. The molecule has 5 aromatic rings. The van der Waals surface area contributed by atoms with Crippen LogP contribution in [-0.4, -0.2) is 43.3 Å². The summed E-state index contributed by atoms with van der Waals surface area (Å²) in [4.78, 5) is 68.6. The minimum Gasteiger partial charge on any atom is -0.497 e. The summed E-state index contributed by atoms with van der Waals surface area (Å²) in [5, 5.41) is 0. The van der Waals surface area contributed by atoms with Crippen molar-refractivity contribution in [3.05, 3.63) is 160 Å². The van der Waals surface area contributed by atoms with E-state index in [0.29, 0.717) is 11.3 Å². The molecule has 1 heterocycles. The molecule has 1 fully saturated rings. The lowest BCUT2D eigenvalue weighted by Crippen LogP contribution is -2.41. The maximum atomic E-state index is 14.3. The van der Waals surface area contributed by atoms with Crippen LogP contribution in [0, 0.1) is 11.8 Å². The Morgan fingerprint density at radius 3 is 1.74 bits per heavy atom. The predicted octanol–water partition coefficient (Wildman–Crippen LogP) is 6.35. The molecular weight excluding hydrogens is 634 g/mol. The van der Waals surface area contributed by atoms with Crippen LogP contribution in [0.25, 0.3) is 0 Å². The molecule has 4 aliphatic rings. The maximum absolute atomic E-state index is 14.3. The first-order valence-electron chi connectivity index (χ1n) is 16.2. The summed E-state index contributed by atoms with van der Waals surface area (Å²) in [5.74, 6) is -3.70. The minimum absolute atomic E-state index is 0.00262. The molecular formula is C41H29NO8. The van der Waals surface area contributed by atoms with E-state index in [2.05, 4.69) is 0 Å². The number of esters is 2. The number of methoxy groups -OCH3 is 1. The smallest absolute Gasteiger partial charge is 0.343 e. The fourth-order valence-electron chi connectivity index (χ4n) is 7.67. The number of ketones is 1. The normalized spacial score (nSPS) is 19.7. The molecule has 5 aromatic carbocycles. The van der Waals surface area contributed by atoms with Gasteiger partial charge in [0, 0.05) is 17.4 Å². The summed E-state index contributed by atoms with van der Waals surface area (Å²) in [7, 11) is 1.50. The van der Waals surface area contributed by atoms with E-state index in [4.69, 9.17) is 14.2 Å². The standard InChI is InChI=1S/C41H29NO8/c1-48-26-10-8-9-24(21-26)40(46)50-25-19-17-23(18-20-25)33(43)22-49-41(47)31-15-6-7-16-32(31)42-38(44)36-34-27-11-2-3-12-28(27)35(37(36)39(42)45)30-14-5-4-13-29(30)34/h2-21,34-37H,22H2,1H3. The van der Waals surface area contributed by atoms with Crippen LogP contribution >= 0.6 is 0 Å². The summed E-state index contributed by atoms with van der Waals surface area (Å²) in [6.07, 6.45) is 0. The summed E-state index contributed by atoms with van der Waals surface area (Å²) in [6.45, 7) is -0.585. The van der Waals surface area contributed by atoms with Crippen molar-refractivity contribution >= 4 is 35.2 Å². The Morgan fingerprint density at radius 2 is 1.16 bits per heavy atom. The Bertz CT molecular complexity index is 2110. The van der Waals surface area contributed by atoms with Crippen LogP contribution in [0.2, 0.25) is 0 Å². The number of carbonyl (C=O) groups excluding carboxylic acids is 5. The van der Waals surface area contributed by atoms with E-state index >= 15 is 0 Å². The molecule has 0 spiro atoms. The molecule has 1 saturated heterocycles. The molecule has 246 valence electrons. The number of para-hydroxylation sites is 1. The highest BCUT2D eigenvalue weighted by molar-refractivity contribution is 6.25. The first-order chi connectivity index (χ1) is 24.4. The predicted molar refractivity (Wildman–Crippen MR) is 181 cm³/mol. The first-order valence-corrected chi connectivity index (χ1v) is 16.2. The van der Waals surface area contributed by atoms with Crippen molar-refractivity contribution in [3.63, 3.8) is 0 Å². The molecule has 3 aliphatic carbocycles. The molecule has 2 atom stereocenters. The van der Waals surface area contributed by atoms with Crippen LogP contribution < -0.4 is 14.4 Å². The van der Waals surface area contributed by atoms with Crippen molar-refractivity contribution in [3.8, 4) is 11.5 Å². The maximum Gasteiger partial charge on any atom is 0.343 e. The molecule has 2 unspecified atom stereocenters. The molecule has 1 aliphatic heterocycles. The lowest BCUT2D eigenvalue weighted by atomic mass is 9.55. The van der Waals surface area contributed by atoms with Crippen LogP contribution in [0.4, 0.5) is 5.69 Å². The monoisotopic (exact) mass is 663 g/mol. The Balaban J connectivity index is 0.984. The van der Waals surface area contributed by atoms with Gasteiger partial charge in [-0.3, -0.25) is 14.4 Å². The quantitative estimate of drug-likeness (QED) is 0.0817. The largest absolute Gasteiger partial charge is 0.497 e. The van der Waals surface area contributed by atoms with Crippen LogP contribution in [-0.2, 0) is 14.3 Å². The lowest BCUT2D eigenvalue weighted by molar-refractivity contribution is -0.122. The minimum atomic E-state index is -0.845. The van der Waals surface area contributed by atoms with Crippen molar-refractivity contribution < 1.29 is 38.2 Å². The molecule has 0 aromatic heterocycles. The van der Waals surface area contributed by atoms with Gasteiger partial charge in [0.15, 0.2) is 12.4 Å². The SMILES string of the molecule is COc1cccc(C(=O)Oc2ccc(C(=O)COC(=O)c3ccccc3N3C(=O)C4C5c6ccccc6C(c6ccccc65)C4C3=O)cc2)c1. The van der Waals surface area contributed by atoms with Gasteiger partial charge in [-0.25, -0.2) is 14.5 Å². The number of hydrogen-bond donors (Lipinski definition) is 0. The van der Waals surface area contributed by atoms with Crippen molar-refractivity contribution in [1.82, 2.24) is 0 Å². The number of anilines is 1. The molecule has 9 nitrogen and oxygen atoms in total. The van der Waals surface area contributed by atoms with Crippen molar-refractivity contribution in [1.29, 1.82) is 0 Å². The van der Waals surface area contributed by atoms with Crippen molar-refractivity contribution in [2.45, 2.75) is 11.8 Å². The zero-order chi connectivity index (χ0) is 34.5. The number of ether oxygens (including phenoxy) is 3. The summed E-state index contributed by atoms with van der Waals surface area (Å²) >= 11 is 0. The zero-order valence-corrected chi connectivity index (χ0v) is 26.8. The van der Waals surface area contributed by atoms with Crippen LogP contribution in [0.3, 0.4) is 0 Å². The van der Waals surface area contributed by atoms with Gasteiger partial charge in [-0.05, 0) is 76.9 Å². The topological polar surface area (TPSA) is 116 Å². The Kier molecular flexibility index (Phi) is 7.60. The number of Topliss-reactive ketones (excluding diaryl/α,β-unsaturated/α-hetero) is 1. The van der Waals surface area contributed by atoms with Gasteiger partial charge < -0.3 is 14.2 Å². The van der Waals surface area contributed by atoms with Crippen molar-refractivity contribution in [2.75, 3.05) is 18.6 Å². The molecule has 9 rings (SSSR count). The van der Waals surface area contributed by atoms with Gasteiger partial charge in [0.25, 0.3) is 0 Å². The van der Waals surface area contributed by atoms with Gasteiger partial charge in [0.2, 0.25) is 11.8 Å². The summed E-state index contributed by atoms with van der Waals surface area (Å²) in [6, 6.07) is 34.6. The third kappa shape index (κ3) is 4.97. The molecule has 0 saturated carbocycles. The van der Waals surface area contributed by atoms with E-state index < -0.39 is 36.2 Å². The molecule has 50 heavy (non-hydrogen) atoms. The third-order valence-electron chi connectivity index (χ3n) is 9.84. The average molecular weight is 664 g/mol. The third-order valence-corrected chi connectivity index (χ3v) is 9.84. The van der Waals surface area contributed by atoms with E-state index in [-0.39, 0.29) is 46.2 Å². The summed E-state index contributed by atoms with van der Waals surface area (Å²) in [5.41, 5.74) is 4.87. The second-order valence-corrected chi connectivity index (χ2v) is 12.4. The van der Waals surface area contributed by atoms with Gasteiger partial charge in [-0.2, -0.15) is 0 Å². The molecule has 0 radical (unpaired) electrons. The van der Waals surface area contributed by atoms with Gasteiger partial charge >= 0.3 is 11.9 Å². The second-order valence-electron chi connectivity index (χ2n) is 12.4. The fourth-order valence-corrected chi connectivity index (χ4v) is 7.67. The first kappa shape index (κ1) is 31.0. The highest BCUT2D eigenvalue weighted by Gasteiger charge is 2.62. The zero-order valence-electron chi connectivity index (χ0n) is 26.8. The van der Waals surface area contributed by atoms with Crippen molar-refractivity contribution in [2.24, 2.45) is 11.8 Å². The lowest BCUT2D eigenvalue weighted by Gasteiger charge is -2.45. The van der Waals surface area contributed by atoms with E-state index in [9.17, 15) is 24.0 Å². The second kappa shape index (κ2) is 12.3. The molecule has 0 N–H and O–H groups in total. The van der Waals surface area contributed by atoms with Crippen LogP contribution in [0.1, 0.15) is 65.2 Å². The fraction of sp³-hybridized carbons (Fsp3) is 0.146. The van der Waals surface area contributed by atoms with Gasteiger partial charge in [0.1, 0.15) is 11.5 Å². The highest BCUT2D eigenvalue weighted by atomic mass is 16.5. The van der Waals surface area contributed by atoms with Gasteiger partial charge in [-0.1, -0.05) is 66.7 Å². The Morgan fingerprint density at radius 1 is 0.600 bits per heavy atom. The number of benzene rings is 5. The Labute approximate surface area is 287 Å². The van der Waals surface area contributed by atoms with Crippen LogP contribution in [0.15, 0.2) is 121 Å². The Hall–Kier alpha value is -6.35. The van der Waals surface area contributed by atoms with E-state index in [1.54, 1.807) is 42.5 Å². The van der Waals surface area contributed by atoms with E-state index in [0.717, 1.165) is 27.2 Å². The molecule has 9 heteroatoms. The van der Waals surface area contributed by atoms with E-state index in [1.807, 2.05) is 48.5 Å². The number of rotatable bonds is 8. The van der Waals surface area contributed by atoms with E-state index in [1.165, 1.54) is 37.4 Å². The van der Waals surface area contributed by atoms with Crippen LogP contribution in [0.5, 0.6) is 11.5 Å². The van der Waals surface area contributed by atoms with Gasteiger partial charge in [-0.15, -0.1) is 0 Å². The van der Waals surface area contributed by atoms with Gasteiger partial charge in [0.05, 0.1) is 35.8 Å². The number of imide groups is 1. The average Bonchev–Trinajstić information content (AvgIpc) is 3.43. The molecule has 2 bridgehead atoms.